The molecule has 21 heavy (non-hydrogen) atoms. The highest BCUT2D eigenvalue weighted by atomic mass is 32.1. The van der Waals surface area contributed by atoms with Gasteiger partial charge in [0.05, 0.1) is 22.9 Å². The lowest BCUT2D eigenvalue weighted by Crippen LogP contribution is -2.16. The summed E-state index contributed by atoms with van der Waals surface area (Å²) in [4.78, 5) is 21.1. The Kier molecular flexibility index (Phi) is 3.70. The van der Waals surface area contributed by atoms with Gasteiger partial charge in [-0.25, -0.2) is 0 Å². The van der Waals surface area contributed by atoms with E-state index in [1.54, 1.807) is 26.0 Å². The summed E-state index contributed by atoms with van der Waals surface area (Å²) in [7, 11) is 0. The van der Waals surface area contributed by atoms with Crippen molar-refractivity contribution >= 4 is 12.2 Å². The summed E-state index contributed by atoms with van der Waals surface area (Å²) in [5, 5.41) is 18.2. The van der Waals surface area contributed by atoms with Crippen molar-refractivity contribution in [2.75, 3.05) is 0 Å². The van der Waals surface area contributed by atoms with Crippen LogP contribution in [0.3, 0.4) is 0 Å². The number of hydrogen-bond acceptors (Lipinski definition) is 5. The smallest absolute Gasteiger partial charge is 0.270 e. The molecular formula is C14H11N5OS. The van der Waals surface area contributed by atoms with Crippen molar-refractivity contribution in [1.29, 1.82) is 10.5 Å². The lowest BCUT2D eigenvalue weighted by molar-refractivity contribution is 0.660. The minimum Gasteiger partial charge on any atom is -0.331 e. The Labute approximate surface area is 125 Å². The van der Waals surface area contributed by atoms with E-state index in [9.17, 15) is 4.79 Å². The van der Waals surface area contributed by atoms with E-state index in [-0.39, 0.29) is 10.3 Å². The van der Waals surface area contributed by atoms with Crippen molar-refractivity contribution in [3.05, 3.63) is 44.7 Å². The van der Waals surface area contributed by atoms with Crippen LogP contribution in [0.5, 0.6) is 0 Å². The molecule has 0 unspecified atom stereocenters. The molecule has 0 saturated carbocycles. The van der Waals surface area contributed by atoms with Crippen LogP contribution in [-0.4, -0.2) is 15.0 Å². The Morgan fingerprint density at radius 3 is 2.52 bits per heavy atom. The van der Waals surface area contributed by atoms with E-state index < -0.39 is 11.0 Å². The van der Waals surface area contributed by atoms with Crippen LogP contribution in [0.2, 0.25) is 0 Å². The Balaban J connectivity index is 2.61. The molecule has 0 amide bonds. The molecule has 7 heteroatoms. The van der Waals surface area contributed by atoms with Gasteiger partial charge in [-0.3, -0.25) is 14.8 Å². The van der Waals surface area contributed by atoms with E-state index in [0.29, 0.717) is 17.0 Å². The minimum absolute atomic E-state index is 0.0577. The number of pyridine rings is 1. The molecule has 0 radical (unpaired) electrons. The highest BCUT2D eigenvalue weighted by Gasteiger charge is 2.21. The molecule has 2 rings (SSSR count). The van der Waals surface area contributed by atoms with Crippen LogP contribution >= 0.6 is 12.2 Å². The predicted octanol–water partition coefficient (Wildman–Crippen LogP) is 2.17. The van der Waals surface area contributed by atoms with E-state index >= 15 is 0 Å². The lowest BCUT2D eigenvalue weighted by Gasteiger charge is -2.14. The Hall–Kier alpha value is -2.77. The van der Waals surface area contributed by atoms with Gasteiger partial charge in [-0.05, 0) is 38.2 Å². The fourth-order valence-corrected chi connectivity index (χ4v) is 1.97. The molecule has 0 atom stereocenters. The first-order chi connectivity index (χ1) is 9.89. The van der Waals surface area contributed by atoms with Crippen LogP contribution < -0.4 is 5.56 Å². The zero-order valence-corrected chi connectivity index (χ0v) is 12.2. The van der Waals surface area contributed by atoms with E-state index in [0.717, 1.165) is 0 Å². The molecule has 2 N–H and O–H groups in total. The molecule has 2 aromatic rings. The van der Waals surface area contributed by atoms with Crippen LogP contribution in [0.15, 0.2) is 23.1 Å². The molecule has 0 spiro atoms. The van der Waals surface area contributed by atoms with Gasteiger partial charge in [0.2, 0.25) is 0 Å². The molecule has 2 heterocycles. The molecule has 6 nitrogen and oxygen atoms in total. The molecule has 0 aromatic carbocycles. The highest BCUT2D eigenvalue weighted by Crippen LogP contribution is 2.23. The summed E-state index contributed by atoms with van der Waals surface area (Å²) < 4.78 is 0.135. The van der Waals surface area contributed by atoms with E-state index in [1.807, 2.05) is 6.07 Å². The molecule has 2 aromatic heterocycles. The van der Waals surface area contributed by atoms with Crippen molar-refractivity contribution in [2.24, 2.45) is 0 Å². The first kappa shape index (κ1) is 14.6. The van der Waals surface area contributed by atoms with Gasteiger partial charge in [-0.1, -0.05) is 0 Å². The summed E-state index contributed by atoms with van der Waals surface area (Å²) >= 11 is 4.91. The van der Waals surface area contributed by atoms with E-state index in [2.05, 4.69) is 21.0 Å². The maximum atomic E-state index is 11.7. The van der Waals surface area contributed by atoms with Gasteiger partial charge in [0.25, 0.3) is 5.56 Å². The summed E-state index contributed by atoms with van der Waals surface area (Å²) in [6, 6.07) is 7.40. The van der Waals surface area contributed by atoms with Gasteiger partial charge < -0.3 is 4.98 Å². The van der Waals surface area contributed by atoms with E-state index in [4.69, 9.17) is 22.7 Å². The van der Waals surface area contributed by atoms with Crippen LogP contribution in [0.1, 0.15) is 25.1 Å². The third-order valence-corrected chi connectivity index (χ3v) is 3.23. The van der Waals surface area contributed by atoms with Crippen molar-refractivity contribution in [2.45, 2.75) is 19.3 Å². The molecule has 104 valence electrons. The number of hydrogen-bond donors (Lipinski definition) is 2. The number of nitrogens with zero attached hydrogens (tertiary/aromatic N) is 3. The average molecular weight is 297 g/mol. The Morgan fingerprint density at radius 2 is 2.00 bits per heavy atom. The molecule has 0 aliphatic rings. The second-order valence-electron chi connectivity index (χ2n) is 4.94. The van der Waals surface area contributed by atoms with Crippen molar-refractivity contribution in [3.8, 4) is 23.4 Å². The molecule has 0 saturated heterocycles. The quantitative estimate of drug-likeness (QED) is 0.825. The van der Waals surface area contributed by atoms with Crippen molar-refractivity contribution in [3.63, 3.8) is 0 Å². The van der Waals surface area contributed by atoms with Crippen LogP contribution in [0.25, 0.3) is 11.3 Å². The van der Waals surface area contributed by atoms with Gasteiger partial charge in [0, 0.05) is 11.8 Å². The number of aromatic amines is 2. The third kappa shape index (κ3) is 2.73. The van der Waals surface area contributed by atoms with Crippen molar-refractivity contribution in [1.82, 2.24) is 15.0 Å². The van der Waals surface area contributed by atoms with Gasteiger partial charge in [0.15, 0.2) is 4.77 Å². The van der Waals surface area contributed by atoms with Gasteiger partial charge in [-0.2, -0.15) is 10.5 Å². The van der Waals surface area contributed by atoms with Crippen molar-refractivity contribution < 1.29 is 0 Å². The summed E-state index contributed by atoms with van der Waals surface area (Å²) in [6.07, 6.45) is 1.51. The number of nitriles is 2. The maximum Gasteiger partial charge on any atom is 0.270 e. The molecule has 0 aliphatic carbocycles. The lowest BCUT2D eigenvalue weighted by atomic mass is 9.90. The number of H-pyrrole nitrogens is 2. The second-order valence-corrected chi connectivity index (χ2v) is 5.35. The zero-order chi connectivity index (χ0) is 15.6. The topological polar surface area (TPSA) is 109 Å². The second kappa shape index (κ2) is 5.31. The standard InChI is InChI=1S/C14H11N5OS/c1-14(2,7-16)10-4-3-8(6-17-10)11-9(5-15)12(20)19-13(21)18-11/h3-4,6H,1-2H3,(H2,18,19,20,21). The number of rotatable bonds is 2. The van der Waals surface area contributed by atoms with Crippen LogP contribution in [-0.2, 0) is 5.41 Å². The van der Waals surface area contributed by atoms with Gasteiger partial charge >= 0.3 is 0 Å². The zero-order valence-electron chi connectivity index (χ0n) is 11.4. The van der Waals surface area contributed by atoms with E-state index in [1.165, 1.54) is 6.20 Å². The van der Waals surface area contributed by atoms with Crippen LogP contribution in [0, 0.1) is 27.4 Å². The van der Waals surface area contributed by atoms with Gasteiger partial charge in [0.1, 0.15) is 11.6 Å². The molecule has 0 fully saturated rings. The molecular weight excluding hydrogens is 286 g/mol. The van der Waals surface area contributed by atoms with Gasteiger partial charge in [-0.15, -0.1) is 0 Å². The fraction of sp³-hybridized carbons (Fsp3) is 0.214. The number of nitrogens with one attached hydrogen (secondary N) is 2. The molecule has 0 aliphatic heterocycles. The first-order valence-electron chi connectivity index (χ1n) is 6.04. The molecule has 0 bridgehead atoms. The Bertz CT molecular complexity index is 878. The number of aromatic nitrogens is 3. The normalized spacial score (nSPS) is 10.7. The van der Waals surface area contributed by atoms with Crippen LogP contribution in [0.4, 0.5) is 0 Å². The fourth-order valence-electron chi connectivity index (χ4n) is 1.78. The SMILES string of the molecule is CC(C)(C#N)c1ccc(-c2[nH]c(=S)[nH]c(=O)c2C#N)cn1. The first-order valence-corrected chi connectivity index (χ1v) is 6.44. The average Bonchev–Trinajstić information content (AvgIpc) is 2.46. The minimum atomic E-state index is -0.711. The largest absolute Gasteiger partial charge is 0.331 e. The Morgan fingerprint density at radius 1 is 1.29 bits per heavy atom. The predicted molar refractivity (Wildman–Crippen MR) is 78.8 cm³/mol. The summed E-state index contributed by atoms with van der Waals surface area (Å²) in [5.41, 5.74) is 0.171. The third-order valence-electron chi connectivity index (χ3n) is 3.03. The monoisotopic (exact) mass is 297 g/mol. The summed E-state index contributed by atoms with van der Waals surface area (Å²) in [5.74, 6) is 0. The highest BCUT2D eigenvalue weighted by molar-refractivity contribution is 7.71. The maximum absolute atomic E-state index is 11.7. The summed E-state index contributed by atoms with van der Waals surface area (Å²) in [6.45, 7) is 3.52.